The van der Waals surface area contributed by atoms with E-state index in [2.05, 4.69) is 16.9 Å². The minimum atomic E-state index is -0.113. The van der Waals surface area contributed by atoms with Crippen molar-refractivity contribution in [1.82, 2.24) is 9.97 Å². The molecule has 1 aliphatic rings. The van der Waals surface area contributed by atoms with Gasteiger partial charge in [-0.2, -0.15) is 0 Å². The molecule has 120 valence electrons. The number of aryl methyl sites for hydroxylation is 1. The summed E-state index contributed by atoms with van der Waals surface area (Å²) in [6.45, 7) is 3.32. The van der Waals surface area contributed by atoms with E-state index >= 15 is 0 Å². The van der Waals surface area contributed by atoms with Crippen molar-refractivity contribution in [3.63, 3.8) is 0 Å². The second-order valence-electron chi connectivity index (χ2n) is 5.67. The summed E-state index contributed by atoms with van der Waals surface area (Å²) in [6, 6.07) is 6.65. The third-order valence-electron chi connectivity index (χ3n) is 3.95. The van der Waals surface area contributed by atoms with Crippen LogP contribution in [0.4, 0.5) is 11.5 Å². The van der Waals surface area contributed by atoms with Crippen molar-refractivity contribution in [2.45, 2.75) is 19.8 Å². The number of carbonyl (C=O) groups excluding carboxylic acids is 1. The number of benzene rings is 1. The number of hydrogen-bond acceptors (Lipinski definition) is 5. The average molecular weight is 312 g/mol. The van der Waals surface area contributed by atoms with Gasteiger partial charge in [-0.1, -0.05) is 6.92 Å². The fraction of sp³-hybridized carbons (Fsp3) is 0.353. The topological polar surface area (TPSA) is 69.6 Å². The van der Waals surface area contributed by atoms with Gasteiger partial charge in [0.1, 0.15) is 23.0 Å². The Morgan fingerprint density at radius 2 is 1.96 bits per heavy atom. The molecule has 0 radical (unpaired) electrons. The molecule has 0 atom stereocenters. The number of phenolic OH excluding ortho intramolecular Hbond substituents is 1. The van der Waals surface area contributed by atoms with Gasteiger partial charge in [-0.05, 0) is 30.7 Å². The Balaban J connectivity index is 1.99. The predicted molar refractivity (Wildman–Crippen MR) is 89.1 cm³/mol. The van der Waals surface area contributed by atoms with Crippen LogP contribution in [0.15, 0.2) is 30.5 Å². The first-order valence-corrected chi connectivity index (χ1v) is 7.78. The lowest BCUT2D eigenvalue weighted by Gasteiger charge is -2.21. The number of aromatic nitrogens is 2. The van der Waals surface area contributed by atoms with Crippen LogP contribution in [0.2, 0.25) is 0 Å². The molecule has 1 amide bonds. The SMILES string of the molecule is CCCc1ncc2c(n1)N(C)CCN(c1ccc(O)cc1)C2=O. The van der Waals surface area contributed by atoms with Gasteiger partial charge in [0, 0.05) is 38.4 Å². The molecule has 0 aliphatic carbocycles. The maximum Gasteiger partial charge on any atom is 0.263 e. The monoisotopic (exact) mass is 312 g/mol. The van der Waals surface area contributed by atoms with Crippen molar-refractivity contribution in [3.05, 3.63) is 41.9 Å². The van der Waals surface area contributed by atoms with E-state index in [4.69, 9.17) is 0 Å². The quantitative estimate of drug-likeness (QED) is 0.941. The number of aromatic hydroxyl groups is 1. The zero-order valence-corrected chi connectivity index (χ0v) is 13.4. The van der Waals surface area contributed by atoms with Gasteiger partial charge >= 0.3 is 0 Å². The van der Waals surface area contributed by atoms with E-state index in [0.717, 1.165) is 24.4 Å². The summed E-state index contributed by atoms with van der Waals surface area (Å²) >= 11 is 0. The van der Waals surface area contributed by atoms with Gasteiger partial charge in [0.05, 0.1) is 0 Å². The number of nitrogens with zero attached hydrogens (tertiary/aromatic N) is 4. The zero-order valence-electron chi connectivity index (χ0n) is 13.4. The molecule has 23 heavy (non-hydrogen) atoms. The second-order valence-corrected chi connectivity index (χ2v) is 5.67. The Bertz CT molecular complexity index is 715. The number of hydrogen-bond donors (Lipinski definition) is 1. The van der Waals surface area contributed by atoms with Crippen molar-refractivity contribution < 1.29 is 9.90 Å². The molecule has 0 saturated carbocycles. The molecule has 0 unspecified atom stereocenters. The number of rotatable bonds is 3. The molecule has 1 aromatic carbocycles. The van der Waals surface area contributed by atoms with Crippen LogP contribution in [0.25, 0.3) is 0 Å². The number of likely N-dealkylation sites (N-methyl/N-ethyl adjacent to an activating group) is 1. The number of fused-ring (bicyclic) bond motifs is 1. The van der Waals surface area contributed by atoms with Gasteiger partial charge in [-0.15, -0.1) is 0 Å². The molecule has 6 nitrogen and oxygen atoms in total. The molecule has 2 aromatic rings. The van der Waals surface area contributed by atoms with Crippen LogP contribution < -0.4 is 9.80 Å². The van der Waals surface area contributed by atoms with Crippen molar-refractivity contribution in [3.8, 4) is 5.75 Å². The van der Waals surface area contributed by atoms with Crippen LogP contribution in [0.3, 0.4) is 0 Å². The molecule has 3 rings (SSSR count). The first-order valence-electron chi connectivity index (χ1n) is 7.78. The van der Waals surface area contributed by atoms with Crippen molar-refractivity contribution in [1.29, 1.82) is 0 Å². The van der Waals surface area contributed by atoms with Gasteiger partial charge in [0.15, 0.2) is 0 Å². The minimum Gasteiger partial charge on any atom is -0.508 e. The summed E-state index contributed by atoms with van der Waals surface area (Å²) in [5.41, 5.74) is 1.27. The first-order chi connectivity index (χ1) is 11.1. The second kappa shape index (κ2) is 6.24. The van der Waals surface area contributed by atoms with E-state index < -0.39 is 0 Å². The zero-order chi connectivity index (χ0) is 16.4. The Kier molecular flexibility index (Phi) is 4.14. The predicted octanol–water partition coefficient (Wildman–Crippen LogP) is 2.23. The lowest BCUT2D eigenvalue weighted by Crippen LogP contribution is -2.33. The first kappa shape index (κ1) is 15.3. The van der Waals surface area contributed by atoms with Gasteiger partial charge in [0.25, 0.3) is 5.91 Å². The molecule has 1 aliphatic heterocycles. The molecule has 2 heterocycles. The fourth-order valence-electron chi connectivity index (χ4n) is 2.68. The van der Waals surface area contributed by atoms with E-state index in [9.17, 15) is 9.90 Å². The number of carbonyl (C=O) groups is 1. The molecular formula is C17H20N4O2. The molecule has 0 bridgehead atoms. The van der Waals surface area contributed by atoms with E-state index in [1.54, 1.807) is 35.4 Å². The van der Waals surface area contributed by atoms with Crippen LogP contribution in [0, 0.1) is 0 Å². The van der Waals surface area contributed by atoms with E-state index in [-0.39, 0.29) is 11.7 Å². The standard InChI is InChI=1S/C17H20N4O2/c1-3-4-15-18-11-14-16(19-15)20(2)9-10-21(17(14)23)12-5-7-13(22)8-6-12/h5-8,11,22H,3-4,9-10H2,1-2H3. The molecule has 0 fully saturated rings. The number of phenols is 1. The Labute approximate surface area is 135 Å². The molecular weight excluding hydrogens is 292 g/mol. The summed E-state index contributed by atoms with van der Waals surface area (Å²) in [7, 11) is 1.94. The normalized spacial score (nSPS) is 14.6. The highest BCUT2D eigenvalue weighted by Gasteiger charge is 2.27. The highest BCUT2D eigenvalue weighted by Crippen LogP contribution is 2.26. The van der Waals surface area contributed by atoms with Crippen molar-refractivity contribution in [2.75, 3.05) is 29.9 Å². The lowest BCUT2D eigenvalue weighted by atomic mass is 10.2. The van der Waals surface area contributed by atoms with Gasteiger partial charge in [-0.3, -0.25) is 4.79 Å². The Hall–Kier alpha value is -2.63. The van der Waals surface area contributed by atoms with Gasteiger partial charge in [-0.25, -0.2) is 9.97 Å². The van der Waals surface area contributed by atoms with E-state index in [1.807, 2.05) is 11.9 Å². The number of amides is 1. The van der Waals surface area contributed by atoms with Crippen LogP contribution in [-0.4, -0.2) is 41.1 Å². The van der Waals surface area contributed by atoms with E-state index in [1.165, 1.54) is 0 Å². The summed E-state index contributed by atoms with van der Waals surface area (Å²) < 4.78 is 0. The van der Waals surface area contributed by atoms with Crippen molar-refractivity contribution >= 4 is 17.4 Å². The fourth-order valence-corrected chi connectivity index (χ4v) is 2.68. The third kappa shape index (κ3) is 2.97. The summed E-state index contributed by atoms with van der Waals surface area (Å²) in [5, 5.41) is 9.43. The van der Waals surface area contributed by atoms with Gasteiger partial charge in [0.2, 0.25) is 0 Å². The largest absolute Gasteiger partial charge is 0.508 e. The highest BCUT2D eigenvalue weighted by molar-refractivity contribution is 6.09. The molecule has 1 aromatic heterocycles. The Morgan fingerprint density at radius 1 is 1.22 bits per heavy atom. The summed E-state index contributed by atoms with van der Waals surface area (Å²) in [4.78, 5) is 25.5. The van der Waals surface area contributed by atoms with E-state index in [0.29, 0.717) is 24.5 Å². The van der Waals surface area contributed by atoms with Crippen LogP contribution in [-0.2, 0) is 6.42 Å². The van der Waals surface area contributed by atoms with Crippen molar-refractivity contribution in [2.24, 2.45) is 0 Å². The molecule has 1 N–H and O–H groups in total. The lowest BCUT2D eigenvalue weighted by molar-refractivity contribution is 0.0989. The molecule has 0 saturated heterocycles. The van der Waals surface area contributed by atoms with Crippen LogP contribution in [0.1, 0.15) is 29.5 Å². The van der Waals surface area contributed by atoms with Crippen LogP contribution in [0.5, 0.6) is 5.75 Å². The summed E-state index contributed by atoms with van der Waals surface area (Å²) in [6.07, 6.45) is 3.40. The van der Waals surface area contributed by atoms with Crippen LogP contribution >= 0.6 is 0 Å². The molecule has 6 heteroatoms. The Morgan fingerprint density at radius 3 is 2.65 bits per heavy atom. The maximum absolute atomic E-state index is 12.9. The van der Waals surface area contributed by atoms with Gasteiger partial charge < -0.3 is 14.9 Å². The average Bonchev–Trinajstić information content (AvgIpc) is 2.67. The summed E-state index contributed by atoms with van der Waals surface area (Å²) in [5.74, 6) is 1.53. The highest BCUT2D eigenvalue weighted by atomic mass is 16.3. The smallest absolute Gasteiger partial charge is 0.263 e. The number of anilines is 2. The molecule has 0 spiro atoms. The minimum absolute atomic E-state index is 0.113. The third-order valence-corrected chi connectivity index (χ3v) is 3.95. The maximum atomic E-state index is 12.9.